The van der Waals surface area contributed by atoms with E-state index in [0.717, 1.165) is 0 Å². The summed E-state index contributed by atoms with van der Waals surface area (Å²) in [5, 5.41) is 18.9. The molecule has 1 heterocycles. The first-order valence-corrected chi connectivity index (χ1v) is 8.80. The van der Waals surface area contributed by atoms with Gasteiger partial charge < -0.3 is 5.11 Å². The summed E-state index contributed by atoms with van der Waals surface area (Å²) in [5.74, 6) is -0.464. The Labute approximate surface area is 150 Å². The molecule has 3 nitrogen and oxygen atoms in total. The van der Waals surface area contributed by atoms with E-state index in [2.05, 4.69) is 22.0 Å². The lowest BCUT2D eigenvalue weighted by molar-refractivity contribution is -0.0662. The Balaban J connectivity index is 2.16. The fourth-order valence-electron chi connectivity index (χ4n) is 3.54. The smallest absolute Gasteiger partial charge is 0.130 e. The van der Waals surface area contributed by atoms with Gasteiger partial charge in [0.2, 0.25) is 0 Å². The number of rotatable bonds is 3. The number of hydrogen-bond acceptors (Lipinski definition) is 3. The van der Waals surface area contributed by atoms with Crippen molar-refractivity contribution in [3.05, 3.63) is 28.0 Å². The molecule has 1 aromatic carbocycles. The third-order valence-electron chi connectivity index (χ3n) is 5.29. The zero-order chi connectivity index (χ0) is 18.1. The second-order valence-electron chi connectivity index (χ2n) is 7.59. The van der Waals surface area contributed by atoms with E-state index in [-0.39, 0.29) is 30.7 Å². The maximum Gasteiger partial charge on any atom is 0.130 e. The first kappa shape index (κ1) is 19.1. The number of halogens is 3. The highest BCUT2D eigenvalue weighted by Gasteiger charge is 2.51. The van der Waals surface area contributed by atoms with E-state index in [9.17, 15) is 9.50 Å². The number of phenols is 1. The van der Waals surface area contributed by atoms with Gasteiger partial charge in [-0.2, -0.15) is 5.26 Å². The molecule has 1 saturated heterocycles. The molecule has 24 heavy (non-hydrogen) atoms. The lowest BCUT2D eigenvalue weighted by atomic mass is 9.59. The molecule has 6 heteroatoms. The van der Waals surface area contributed by atoms with Crippen molar-refractivity contribution in [3.8, 4) is 11.8 Å². The molecule has 0 bridgehead atoms. The van der Waals surface area contributed by atoms with E-state index in [0.29, 0.717) is 23.0 Å². The minimum absolute atomic E-state index is 0.0336. The molecule has 0 aromatic heterocycles. The van der Waals surface area contributed by atoms with Gasteiger partial charge in [-0.1, -0.05) is 20.8 Å². The minimum Gasteiger partial charge on any atom is -0.507 e. The Morgan fingerprint density at radius 3 is 2.67 bits per heavy atom. The van der Waals surface area contributed by atoms with Crippen LogP contribution in [0.5, 0.6) is 5.75 Å². The molecule has 2 unspecified atom stereocenters. The highest BCUT2D eigenvalue weighted by Crippen LogP contribution is 2.50. The summed E-state index contributed by atoms with van der Waals surface area (Å²) >= 11 is 3.07. The Morgan fingerprint density at radius 2 is 2.12 bits per heavy atom. The standard InChI is InChI=1S/C18H23BrF2N2O/c1-17(2,3)18(4-6-22)5-7-23(11-16(18)21)10-12-8-15(24)13(19)9-14(12)20/h8-9,16,24H,4-5,7,10-11H2,1-3H3. The molecular weight excluding hydrogens is 378 g/mol. The van der Waals surface area contributed by atoms with E-state index >= 15 is 4.39 Å². The zero-order valence-corrected chi connectivity index (χ0v) is 15.8. The van der Waals surface area contributed by atoms with Gasteiger partial charge in [-0.15, -0.1) is 0 Å². The van der Waals surface area contributed by atoms with Crippen LogP contribution in [0, 0.1) is 28.0 Å². The highest BCUT2D eigenvalue weighted by atomic mass is 79.9. The molecule has 0 spiro atoms. The summed E-state index contributed by atoms with van der Waals surface area (Å²) in [4.78, 5) is 1.85. The van der Waals surface area contributed by atoms with Gasteiger partial charge in [0.05, 0.1) is 10.5 Å². The number of piperidine rings is 1. The molecular formula is C18H23BrF2N2O. The van der Waals surface area contributed by atoms with Crippen molar-refractivity contribution in [1.82, 2.24) is 4.90 Å². The molecule has 0 saturated carbocycles. The zero-order valence-electron chi connectivity index (χ0n) is 14.2. The van der Waals surface area contributed by atoms with Crippen molar-refractivity contribution in [2.75, 3.05) is 13.1 Å². The SMILES string of the molecule is CC(C)(C)C1(CC#N)CCN(Cc2cc(O)c(Br)cc2F)CC1F. The summed E-state index contributed by atoms with van der Waals surface area (Å²) in [6, 6.07) is 4.73. The Kier molecular flexibility index (Phi) is 5.56. The average Bonchev–Trinajstić information content (AvgIpc) is 2.46. The van der Waals surface area contributed by atoms with Gasteiger partial charge in [0, 0.05) is 30.5 Å². The summed E-state index contributed by atoms with van der Waals surface area (Å²) < 4.78 is 29.4. The molecule has 2 rings (SSSR count). The van der Waals surface area contributed by atoms with Crippen LogP contribution >= 0.6 is 15.9 Å². The second kappa shape index (κ2) is 6.97. The molecule has 2 atom stereocenters. The summed E-state index contributed by atoms with van der Waals surface area (Å²) in [7, 11) is 0. The van der Waals surface area contributed by atoms with Crippen LogP contribution in [0.15, 0.2) is 16.6 Å². The lowest BCUT2D eigenvalue weighted by Gasteiger charge is -2.51. The van der Waals surface area contributed by atoms with Crippen molar-refractivity contribution in [3.63, 3.8) is 0 Å². The number of aromatic hydroxyl groups is 1. The summed E-state index contributed by atoms with van der Waals surface area (Å²) in [5.41, 5.74) is -0.667. The van der Waals surface area contributed by atoms with Gasteiger partial charge in [0.15, 0.2) is 0 Å². The molecule has 1 aromatic rings. The van der Waals surface area contributed by atoms with Crippen molar-refractivity contribution < 1.29 is 13.9 Å². The fourth-order valence-corrected chi connectivity index (χ4v) is 3.86. The van der Waals surface area contributed by atoms with Gasteiger partial charge in [-0.05, 0) is 46.4 Å². The molecule has 0 amide bonds. The van der Waals surface area contributed by atoms with Crippen molar-refractivity contribution in [2.45, 2.75) is 46.3 Å². The molecule has 1 aliphatic rings. The Morgan fingerprint density at radius 1 is 1.46 bits per heavy atom. The molecule has 132 valence electrons. The van der Waals surface area contributed by atoms with Crippen LogP contribution in [0.1, 0.15) is 39.2 Å². The van der Waals surface area contributed by atoms with Crippen LogP contribution < -0.4 is 0 Å². The number of likely N-dealkylation sites (tertiary alicyclic amines) is 1. The van der Waals surface area contributed by atoms with Crippen molar-refractivity contribution in [1.29, 1.82) is 5.26 Å². The quantitative estimate of drug-likeness (QED) is 0.793. The second-order valence-corrected chi connectivity index (χ2v) is 8.44. The van der Waals surface area contributed by atoms with Crippen LogP contribution in [0.2, 0.25) is 0 Å². The van der Waals surface area contributed by atoms with Gasteiger partial charge in [-0.3, -0.25) is 4.90 Å². The topological polar surface area (TPSA) is 47.3 Å². The third-order valence-corrected chi connectivity index (χ3v) is 5.93. The number of nitrogens with zero attached hydrogens (tertiary/aromatic N) is 2. The van der Waals surface area contributed by atoms with Gasteiger partial charge in [0.1, 0.15) is 17.7 Å². The molecule has 0 aliphatic carbocycles. The predicted octanol–water partition coefficient (Wildman–Crippen LogP) is 4.78. The Hall–Kier alpha value is -1.19. The fraction of sp³-hybridized carbons (Fsp3) is 0.611. The monoisotopic (exact) mass is 400 g/mol. The Bertz CT molecular complexity index is 654. The summed E-state index contributed by atoms with van der Waals surface area (Å²) in [6.45, 7) is 6.90. The van der Waals surface area contributed by atoms with Gasteiger partial charge >= 0.3 is 0 Å². The van der Waals surface area contributed by atoms with E-state index < -0.39 is 17.4 Å². The van der Waals surface area contributed by atoms with Gasteiger partial charge in [0.25, 0.3) is 0 Å². The normalized spacial score (nSPS) is 25.5. The minimum atomic E-state index is -1.15. The first-order chi connectivity index (χ1) is 11.1. The number of benzene rings is 1. The molecule has 1 N–H and O–H groups in total. The molecule has 0 radical (unpaired) electrons. The number of alkyl halides is 1. The molecule has 1 fully saturated rings. The van der Waals surface area contributed by atoms with Crippen LogP contribution in [0.25, 0.3) is 0 Å². The number of nitriles is 1. The van der Waals surface area contributed by atoms with Crippen molar-refractivity contribution in [2.24, 2.45) is 10.8 Å². The predicted molar refractivity (Wildman–Crippen MR) is 92.7 cm³/mol. The maximum absolute atomic E-state index is 15.0. The molecule has 1 aliphatic heterocycles. The maximum atomic E-state index is 15.0. The first-order valence-electron chi connectivity index (χ1n) is 8.01. The third kappa shape index (κ3) is 3.57. The van der Waals surface area contributed by atoms with Crippen molar-refractivity contribution >= 4 is 15.9 Å². The van der Waals surface area contributed by atoms with E-state index in [4.69, 9.17) is 5.26 Å². The van der Waals surface area contributed by atoms with Crippen LogP contribution in [-0.2, 0) is 6.54 Å². The summed E-state index contributed by atoms with van der Waals surface area (Å²) in [6.07, 6.45) is -0.424. The van der Waals surface area contributed by atoms with Gasteiger partial charge in [-0.25, -0.2) is 8.78 Å². The van der Waals surface area contributed by atoms with E-state index in [1.807, 2.05) is 25.7 Å². The van der Waals surface area contributed by atoms with Crippen LogP contribution in [0.4, 0.5) is 8.78 Å². The van der Waals surface area contributed by atoms with Crippen LogP contribution in [0.3, 0.4) is 0 Å². The van der Waals surface area contributed by atoms with E-state index in [1.165, 1.54) is 12.1 Å². The number of phenolic OH excluding ortho intramolecular Hbond substituents is 1. The highest BCUT2D eigenvalue weighted by molar-refractivity contribution is 9.10. The lowest BCUT2D eigenvalue weighted by Crippen LogP contribution is -2.54. The number of hydrogen-bond donors (Lipinski definition) is 1. The van der Waals surface area contributed by atoms with Crippen LogP contribution in [-0.4, -0.2) is 29.3 Å². The largest absolute Gasteiger partial charge is 0.507 e. The van der Waals surface area contributed by atoms with E-state index in [1.54, 1.807) is 0 Å². The average molecular weight is 401 g/mol.